The number of esters is 1. The summed E-state index contributed by atoms with van der Waals surface area (Å²) in [5.41, 5.74) is 2.80. The maximum atomic E-state index is 12.5. The minimum absolute atomic E-state index is 0.289. The van der Waals surface area contributed by atoms with Crippen LogP contribution in [-0.4, -0.2) is 29.1 Å². The van der Waals surface area contributed by atoms with E-state index >= 15 is 0 Å². The van der Waals surface area contributed by atoms with Crippen molar-refractivity contribution in [2.45, 2.75) is 13.8 Å². The summed E-state index contributed by atoms with van der Waals surface area (Å²) in [4.78, 5) is 28.4. The second-order valence-corrected chi connectivity index (χ2v) is 5.65. The first-order valence-electron chi connectivity index (χ1n) is 7.89. The molecule has 0 spiro atoms. The summed E-state index contributed by atoms with van der Waals surface area (Å²) < 4.78 is 9.85. The van der Waals surface area contributed by atoms with Crippen molar-refractivity contribution in [3.8, 4) is 11.5 Å². The number of methoxy groups -OCH3 is 1. The van der Waals surface area contributed by atoms with Crippen molar-refractivity contribution < 1.29 is 18.8 Å². The van der Waals surface area contributed by atoms with E-state index in [4.69, 9.17) is 9.26 Å². The second kappa shape index (κ2) is 7.18. The van der Waals surface area contributed by atoms with E-state index in [1.54, 1.807) is 56.3 Å². The number of aromatic nitrogens is 2. The van der Waals surface area contributed by atoms with Gasteiger partial charge in [-0.05, 0) is 55.8 Å². The first kappa shape index (κ1) is 17.3. The third-order valence-electron chi connectivity index (χ3n) is 3.91. The minimum Gasteiger partial charge on any atom is -0.465 e. The number of benzene rings is 2. The number of aryl methyl sites for hydroxylation is 1. The van der Waals surface area contributed by atoms with Crippen molar-refractivity contribution in [3.05, 3.63) is 65.0 Å². The lowest BCUT2D eigenvalue weighted by Crippen LogP contribution is -2.14. The summed E-state index contributed by atoms with van der Waals surface area (Å²) >= 11 is 0. The predicted octanol–water partition coefficient (Wildman–Crippen LogP) is 3.39. The normalized spacial score (nSPS) is 10.4. The molecule has 0 aliphatic heterocycles. The average molecular weight is 351 g/mol. The molecule has 0 unspecified atom stereocenters. The van der Waals surface area contributed by atoms with Gasteiger partial charge in [-0.25, -0.2) is 4.79 Å². The molecule has 0 aliphatic rings. The first-order valence-corrected chi connectivity index (χ1v) is 7.89. The van der Waals surface area contributed by atoms with Crippen LogP contribution in [0.2, 0.25) is 0 Å². The monoisotopic (exact) mass is 351 g/mol. The lowest BCUT2D eigenvalue weighted by atomic mass is 10.1. The van der Waals surface area contributed by atoms with E-state index in [1.165, 1.54) is 7.11 Å². The summed E-state index contributed by atoms with van der Waals surface area (Å²) in [6, 6.07) is 11.9. The van der Waals surface area contributed by atoms with Gasteiger partial charge < -0.3 is 14.6 Å². The van der Waals surface area contributed by atoms with Gasteiger partial charge in [0.1, 0.15) is 0 Å². The molecule has 0 radical (unpaired) electrons. The Hall–Kier alpha value is -3.48. The van der Waals surface area contributed by atoms with Crippen LogP contribution in [0, 0.1) is 13.8 Å². The maximum Gasteiger partial charge on any atom is 0.338 e. The highest BCUT2D eigenvalue weighted by molar-refractivity contribution is 6.05. The predicted molar refractivity (Wildman–Crippen MR) is 94.9 cm³/mol. The number of hydrogen-bond acceptors (Lipinski definition) is 6. The van der Waals surface area contributed by atoms with Gasteiger partial charge in [0.25, 0.3) is 11.8 Å². The van der Waals surface area contributed by atoms with Gasteiger partial charge in [0.05, 0.1) is 12.7 Å². The minimum atomic E-state index is -0.446. The summed E-state index contributed by atoms with van der Waals surface area (Å²) in [6.45, 7) is 3.49. The standard InChI is InChI=1S/C19H17N3O4/c1-11-15(19(24)25-3)5-4-6-16(11)21-17(23)13-7-9-14(10-8-13)18-20-12(2)22-26-18/h4-10H,1-3H3,(H,21,23). The fourth-order valence-electron chi connectivity index (χ4n) is 2.48. The van der Waals surface area contributed by atoms with Crippen molar-refractivity contribution in [1.29, 1.82) is 0 Å². The Balaban J connectivity index is 1.79. The van der Waals surface area contributed by atoms with Gasteiger partial charge in [0.15, 0.2) is 5.82 Å². The molecule has 26 heavy (non-hydrogen) atoms. The number of carbonyl (C=O) groups is 2. The van der Waals surface area contributed by atoms with Crippen molar-refractivity contribution in [3.63, 3.8) is 0 Å². The van der Waals surface area contributed by atoms with Crippen LogP contribution in [-0.2, 0) is 4.74 Å². The van der Waals surface area contributed by atoms with Crippen LogP contribution >= 0.6 is 0 Å². The number of nitrogens with one attached hydrogen (secondary N) is 1. The molecule has 7 nitrogen and oxygen atoms in total. The van der Waals surface area contributed by atoms with Crippen LogP contribution in [0.15, 0.2) is 47.0 Å². The zero-order valence-electron chi connectivity index (χ0n) is 14.6. The van der Waals surface area contributed by atoms with Gasteiger partial charge in [0.2, 0.25) is 0 Å². The molecule has 3 rings (SSSR count). The van der Waals surface area contributed by atoms with Gasteiger partial charge in [-0.15, -0.1) is 0 Å². The Labute approximate surface area is 150 Å². The van der Waals surface area contributed by atoms with Crippen LogP contribution in [0.25, 0.3) is 11.5 Å². The molecule has 0 aliphatic carbocycles. The quantitative estimate of drug-likeness (QED) is 0.724. The molecule has 0 bridgehead atoms. The number of anilines is 1. The average Bonchev–Trinajstić information content (AvgIpc) is 3.09. The number of carbonyl (C=O) groups excluding carboxylic acids is 2. The summed E-state index contributed by atoms with van der Waals surface area (Å²) in [7, 11) is 1.32. The lowest BCUT2D eigenvalue weighted by molar-refractivity contribution is 0.0599. The molecule has 2 aromatic carbocycles. The van der Waals surface area contributed by atoms with Crippen LogP contribution < -0.4 is 5.32 Å². The highest BCUT2D eigenvalue weighted by atomic mass is 16.5. The molecule has 7 heteroatoms. The molecule has 1 heterocycles. The van der Waals surface area contributed by atoms with Crippen LogP contribution in [0.4, 0.5) is 5.69 Å². The highest BCUT2D eigenvalue weighted by Gasteiger charge is 2.14. The molecule has 1 aromatic heterocycles. The largest absolute Gasteiger partial charge is 0.465 e. The Kier molecular flexibility index (Phi) is 4.79. The van der Waals surface area contributed by atoms with Crippen molar-refractivity contribution in [2.24, 2.45) is 0 Å². The summed E-state index contributed by atoms with van der Waals surface area (Å²) in [5, 5.41) is 6.55. The lowest BCUT2D eigenvalue weighted by Gasteiger charge is -2.11. The third kappa shape index (κ3) is 3.46. The van der Waals surface area contributed by atoms with Gasteiger partial charge >= 0.3 is 5.97 Å². The second-order valence-electron chi connectivity index (χ2n) is 5.65. The van der Waals surface area contributed by atoms with E-state index in [-0.39, 0.29) is 5.91 Å². The number of nitrogens with zero attached hydrogens (tertiary/aromatic N) is 2. The summed E-state index contributed by atoms with van der Waals surface area (Å²) in [5.74, 6) is 0.208. The van der Waals surface area contributed by atoms with Crippen molar-refractivity contribution in [1.82, 2.24) is 10.1 Å². The number of hydrogen-bond donors (Lipinski definition) is 1. The van der Waals surface area contributed by atoms with E-state index in [1.807, 2.05) is 0 Å². The zero-order chi connectivity index (χ0) is 18.7. The fraction of sp³-hybridized carbons (Fsp3) is 0.158. The van der Waals surface area contributed by atoms with E-state index in [9.17, 15) is 9.59 Å². The Morgan fingerprint density at radius 2 is 1.81 bits per heavy atom. The number of rotatable bonds is 4. The molecule has 3 aromatic rings. The molecule has 132 valence electrons. The smallest absolute Gasteiger partial charge is 0.338 e. The van der Waals surface area contributed by atoms with Gasteiger partial charge in [-0.2, -0.15) is 4.98 Å². The first-order chi connectivity index (χ1) is 12.5. The van der Waals surface area contributed by atoms with Crippen molar-refractivity contribution in [2.75, 3.05) is 12.4 Å². The third-order valence-corrected chi connectivity index (χ3v) is 3.91. The van der Waals surface area contributed by atoms with E-state index < -0.39 is 5.97 Å². The van der Waals surface area contributed by atoms with Gasteiger partial charge in [0, 0.05) is 16.8 Å². The van der Waals surface area contributed by atoms with Gasteiger partial charge in [-0.1, -0.05) is 11.2 Å². The molecule has 0 atom stereocenters. The van der Waals surface area contributed by atoms with E-state index in [0.717, 1.165) is 5.56 Å². The molecule has 0 saturated carbocycles. The van der Waals surface area contributed by atoms with Gasteiger partial charge in [-0.3, -0.25) is 4.79 Å². The number of amides is 1. The number of ether oxygens (including phenoxy) is 1. The van der Waals surface area contributed by atoms with Crippen LogP contribution in [0.3, 0.4) is 0 Å². The molecule has 0 saturated heterocycles. The Morgan fingerprint density at radius 3 is 2.42 bits per heavy atom. The van der Waals surface area contributed by atoms with E-state index in [0.29, 0.717) is 34.1 Å². The fourth-order valence-corrected chi connectivity index (χ4v) is 2.48. The molecule has 1 N–H and O–H groups in total. The molecule has 1 amide bonds. The zero-order valence-corrected chi connectivity index (χ0v) is 14.6. The van der Waals surface area contributed by atoms with E-state index in [2.05, 4.69) is 15.5 Å². The van der Waals surface area contributed by atoms with Crippen molar-refractivity contribution >= 4 is 17.6 Å². The van der Waals surface area contributed by atoms with Crippen LogP contribution in [0.1, 0.15) is 32.1 Å². The summed E-state index contributed by atoms with van der Waals surface area (Å²) in [6.07, 6.45) is 0. The SMILES string of the molecule is COC(=O)c1cccc(NC(=O)c2ccc(-c3nc(C)no3)cc2)c1C. The molecule has 0 fully saturated rings. The Morgan fingerprint density at radius 1 is 1.08 bits per heavy atom. The molecular weight excluding hydrogens is 334 g/mol. The Bertz CT molecular complexity index is 961. The van der Waals surface area contributed by atoms with Crippen LogP contribution in [0.5, 0.6) is 0 Å². The topological polar surface area (TPSA) is 94.3 Å². The maximum absolute atomic E-state index is 12.5. The highest BCUT2D eigenvalue weighted by Crippen LogP contribution is 2.22. The molecular formula is C19H17N3O4.